The number of aryl methyl sites for hydroxylation is 1. The van der Waals surface area contributed by atoms with Crippen molar-refractivity contribution in [1.29, 1.82) is 0 Å². The molecule has 0 aliphatic carbocycles. The van der Waals surface area contributed by atoms with Crippen LogP contribution in [-0.4, -0.2) is 33.5 Å². The summed E-state index contributed by atoms with van der Waals surface area (Å²) < 4.78 is 32.5. The molecule has 8 heteroatoms. The number of hydrogen-bond acceptors (Lipinski definition) is 4. The van der Waals surface area contributed by atoms with Gasteiger partial charge >= 0.3 is 6.09 Å². The van der Waals surface area contributed by atoms with E-state index < -0.39 is 16.1 Å². The number of hydrogen-bond donors (Lipinski definition) is 1. The van der Waals surface area contributed by atoms with Crippen LogP contribution in [0.15, 0.2) is 47.4 Å². The van der Waals surface area contributed by atoms with Crippen molar-refractivity contribution >= 4 is 33.4 Å². The van der Waals surface area contributed by atoms with Crippen LogP contribution in [-0.2, 0) is 10.0 Å². The van der Waals surface area contributed by atoms with Crippen molar-refractivity contribution in [1.82, 2.24) is 4.90 Å². The van der Waals surface area contributed by atoms with Crippen LogP contribution in [0.25, 0.3) is 0 Å². The average Bonchev–Trinajstić information content (AvgIpc) is 2.50. The minimum absolute atomic E-state index is 0.0637. The zero-order valence-corrected chi connectivity index (χ0v) is 15.0. The molecule has 0 fully saturated rings. The molecular weight excluding hydrogens is 352 g/mol. The molecule has 2 rings (SSSR count). The van der Waals surface area contributed by atoms with Crippen LogP contribution >= 0.6 is 11.6 Å². The second-order valence-corrected chi connectivity index (χ2v) is 7.44. The lowest BCUT2D eigenvalue weighted by Gasteiger charge is -2.15. The number of nitrogens with one attached hydrogen (secondary N) is 1. The summed E-state index contributed by atoms with van der Waals surface area (Å²) >= 11 is 5.93. The first-order chi connectivity index (χ1) is 11.2. The Kier molecular flexibility index (Phi) is 5.36. The molecule has 24 heavy (non-hydrogen) atoms. The van der Waals surface area contributed by atoms with E-state index in [9.17, 15) is 13.2 Å². The first-order valence-corrected chi connectivity index (χ1v) is 8.83. The molecular formula is C16H17ClN2O4S. The van der Waals surface area contributed by atoms with Crippen LogP contribution < -0.4 is 9.46 Å². The Hall–Kier alpha value is -2.25. The molecule has 1 N–H and O–H groups in total. The summed E-state index contributed by atoms with van der Waals surface area (Å²) in [6, 6.07) is 10.7. The topological polar surface area (TPSA) is 75.7 Å². The van der Waals surface area contributed by atoms with Crippen LogP contribution in [0.1, 0.15) is 5.56 Å². The third kappa shape index (κ3) is 4.39. The third-order valence-electron chi connectivity index (χ3n) is 3.08. The van der Waals surface area contributed by atoms with E-state index in [1.165, 1.54) is 49.3 Å². The van der Waals surface area contributed by atoms with E-state index in [1.807, 2.05) is 6.92 Å². The predicted octanol–water partition coefficient (Wildman–Crippen LogP) is 3.51. The molecule has 0 radical (unpaired) electrons. The lowest BCUT2D eigenvalue weighted by Crippen LogP contribution is -2.26. The molecule has 0 aromatic heterocycles. The van der Waals surface area contributed by atoms with Gasteiger partial charge < -0.3 is 9.64 Å². The van der Waals surface area contributed by atoms with Crippen LogP contribution in [0.3, 0.4) is 0 Å². The van der Waals surface area contributed by atoms with Gasteiger partial charge in [0.25, 0.3) is 10.0 Å². The van der Waals surface area contributed by atoms with Crippen molar-refractivity contribution in [2.75, 3.05) is 18.8 Å². The molecule has 2 aromatic rings. The molecule has 2 aromatic carbocycles. The van der Waals surface area contributed by atoms with Gasteiger partial charge in [-0.25, -0.2) is 13.2 Å². The molecule has 0 atom stereocenters. The van der Waals surface area contributed by atoms with Gasteiger partial charge in [0, 0.05) is 19.1 Å². The van der Waals surface area contributed by atoms with Gasteiger partial charge in [-0.15, -0.1) is 0 Å². The number of ether oxygens (including phenoxy) is 1. The zero-order valence-electron chi connectivity index (χ0n) is 13.4. The van der Waals surface area contributed by atoms with Gasteiger partial charge in [0.05, 0.1) is 10.6 Å². The lowest BCUT2D eigenvalue weighted by molar-refractivity contribution is 0.172. The monoisotopic (exact) mass is 368 g/mol. The molecule has 128 valence electrons. The maximum atomic E-state index is 12.5. The SMILES string of the molecule is Cc1ccc(S(=O)(=O)Nc2cc(Cl)ccc2OC(=O)N(C)C)cc1. The maximum absolute atomic E-state index is 12.5. The van der Waals surface area contributed by atoms with E-state index in [4.69, 9.17) is 16.3 Å². The molecule has 0 saturated carbocycles. The molecule has 0 aliphatic rings. The summed E-state index contributed by atoms with van der Waals surface area (Å²) in [6.45, 7) is 1.86. The van der Waals surface area contributed by atoms with E-state index >= 15 is 0 Å². The highest BCUT2D eigenvalue weighted by molar-refractivity contribution is 7.92. The van der Waals surface area contributed by atoms with Crippen molar-refractivity contribution in [2.24, 2.45) is 0 Å². The number of rotatable bonds is 4. The minimum atomic E-state index is -3.84. The predicted molar refractivity (Wildman–Crippen MR) is 93.2 cm³/mol. The standard InChI is InChI=1S/C16H17ClN2O4S/c1-11-4-7-13(8-5-11)24(21,22)18-14-10-12(17)6-9-15(14)23-16(20)19(2)3/h4-10,18H,1-3H3. The zero-order chi connectivity index (χ0) is 17.9. The van der Waals surface area contributed by atoms with E-state index in [0.29, 0.717) is 5.02 Å². The van der Waals surface area contributed by atoms with Crippen molar-refractivity contribution in [3.8, 4) is 5.75 Å². The Balaban J connectivity index is 2.35. The van der Waals surface area contributed by atoms with Gasteiger partial charge in [-0.2, -0.15) is 0 Å². The van der Waals surface area contributed by atoms with Gasteiger partial charge in [0.2, 0.25) is 0 Å². The number of benzene rings is 2. The largest absolute Gasteiger partial charge is 0.414 e. The van der Waals surface area contributed by atoms with Gasteiger partial charge in [0.15, 0.2) is 5.75 Å². The Labute approximate surface area is 146 Å². The van der Waals surface area contributed by atoms with Gasteiger partial charge in [0.1, 0.15) is 0 Å². The van der Waals surface area contributed by atoms with Crippen LogP contribution in [0, 0.1) is 6.92 Å². The summed E-state index contributed by atoms with van der Waals surface area (Å²) in [4.78, 5) is 13.0. The second-order valence-electron chi connectivity index (χ2n) is 5.32. The fourth-order valence-electron chi connectivity index (χ4n) is 1.78. The smallest absolute Gasteiger partial charge is 0.408 e. The Bertz CT molecular complexity index is 849. The highest BCUT2D eigenvalue weighted by Gasteiger charge is 2.18. The van der Waals surface area contributed by atoms with Crippen LogP contribution in [0.2, 0.25) is 5.02 Å². The summed E-state index contributed by atoms with van der Waals surface area (Å²) in [5.74, 6) is 0.0637. The van der Waals surface area contributed by atoms with Crippen molar-refractivity contribution in [3.63, 3.8) is 0 Å². The van der Waals surface area contributed by atoms with E-state index in [0.717, 1.165) is 5.56 Å². The Morgan fingerprint density at radius 3 is 2.33 bits per heavy atom. The van der Waals surface area contributed by atoms with Gasteiger partial charge in [-0.1, -0.05) is 29.3 Å². The third-order valence-corrected chi connectivity index (χ3v) is 4.70. The Morgan fingerprint density at radius 1 is 1.12 bits per heavy atom. The summed E-state index contributed by atoms with van der Waals surface area (Å²) in [7, 11) is -0.794. The molecule has 0 bridgehead atoms. The Morgan fingerprint density at radius 2 is 1.75 bits per heavy atom. The summed E-state index contributed by atoms with van der Waals surface area (Å²) in [5, 5.41) is 0.307. The molecule has 0 heterocycles. The molecule has 0 unspecified atom stereocenters. The molecule has 1 amide bonds. The fourth-order valence-corrected chi connectivity index (χ4v) is 3.01. The number of halogens is 1. The highest BCUT2D eigenvalue weighted by atomic mass is 35.5. The van der Waals surface area contributed by atoms with E-state index in [1.54, 1.807) is 12.1 Å². The first kappa shape index (κ1) is 18.1. The average molecular weight is 369 g/mol. The lowest BCUT2D eigenvalue weighted by atomic mass is 10.2. The van der Waals surface area contributed by atoms with E-state index in [2.05, 4.69) is 4.72 Å². The minimum Gasteiger partial charge on any atom is -0.408 e. The first-order valence-electron chi connectivity index (χ1n) is 6.97. The number of amides is 1. The van der Waals surface area contributed by atoms with Crippen LogP contribution in [0.5, 0.6) is 5.75 Å². The molecule has 6 nitrogen and oxygen atoms in total. The van der Waals surface area contributed by atoms with Crippen molar-refractivity contribution < 1.29 is 17.9 Å². The van der Waals surface area contributed by atoms with Crippen molar-refractivity contribution in [3.05, 3.63) is 53.1 Å². The summed E-state index contributed by atoms with van der Waals surface area (Å²) in [6.07, 6.45) is -0.631. The number of nitrogens with zero attached hydrogens (tertiary/aromatic N) is 1. The van der Waals surface area contributed by atoms with E-state index in [-0.39, 0.29) is 16.3 Å². The van der Waals surface area contributed by atoms with Gasteiger partial charge in [-0.05, 0) is 37.3 Å². The quantitative estimate of drug-likeness (QED) is 0.896. The normalized spacial score (nSPS) is 11.0. The number of carbonyl (C=O) groups is 1. The van der Waals surface area contributed by atoms with Crippen molar-refractivity contribution in [2.45, 2.75) is 11.8 Å². The highest BCUT2D eigenvalue weighted by Crippen LogP contribution is 2.30. The van der Waals surface area contributed by atoms with Crippen LogP contribution in [0.4, 0.5) is 10.5 Å². The number of carbonyl (C=O) groups excluding carboxylic acids is 1. The summed E-state index contributed by atoms with van der Waals surface area (Å²) in [5.41, 5.74) is 1.02. The van der Waals surface area contributed by atoms with Gasteiger partial charge in [-0.3, -0.25) is 4.72 Å². The molecule has 0 spiro atoms. The maximum Gasteiger partial charge on any atom is 0.414 e. The molecule has 0 aliphatic heterocycles. The molecule has 0 saturated heterocycles. The number of anilines is 1. The number of sulfonamides is 1. The second kappa shape index (κ2) is 7.11. The fraction of sp³-hybridized carbons (Fsp3) is 0.188.